The largest absolute Gasteiger partial charge is 0.343 e. The summed E-state index contributed by atoms with van der Waals surface area (Å²) in [5.41, 5.74) is 0. The molecule has 1 rings (SSSR count). The number of amides is 1. The fourth-order valence-corrected chi connectivity index (χ4v) is 2.88. The summed E-state index contributed by atoms with van der Waals surface area (Å²) in [5, 5.41) is 3.23. The first kappa shape index (κ1) is 18.7. The summed E-state index contributed by atoms with van der Waals surface area (Å²) in [6.45, 7) is 9.64. The number of rotatable bonds is 6. The number of carbonyl (C=O) groups excluding carboxylic acids is 1. The van der Waals surface area contributed by atoms with Crippen LogP contribution in [0, 0.1) is 17.8 Å². The molecule has 3 nitrogen and oxygen atoms in total. The van der Waals surface area contributed by atoms with Crippen molar-refractivity contribution >= 4 is 18.3 Å². The van der Waals surface area contributed by atoms with Gasteiger partial charge >= 0.3 is 0 Å². The Labute approximate surface area is 124 Å². The van der Waals surface area contributed by atoms with Crippen molar-refractivity contribution < 1.29 is 4.79 Å². The lowest BCUT2D eigenvalue weighted by Crippen LogP contribution is -2.41. The predicted molar refractivity (Wildman–Crippen MR) is 83.7 cm³/mol. The van der Waals surface area contributed by atoms with Gasteiger partial charge in [0.05, 0.1) is 0 Å². The molecule has 0 aromatic rings. The maximum Gasteiger partial charge on any atom is 0.222 e. The van der Waals surface area contributed by atoms with E-state index in [9.17, 15) is 4.79 Å². The van der Waals surface area contributed by atoms with Crippen LogP contribution in [0.25, 0.3) is 0 Å². The minimum Gasteiger partial charge on any atom is -0.343 e. The monoisotopic (exact) mass is 290 g/mol. The van der Waals surface area contributed by atoms with Crippen LogP contribution in [0.2, 0.25) is 0 Å². The molecule has 0 saturated carbocycles. The number of piperidine rings is 1. The fourth-order valence-electron chi connectivity index (χ4n) is 2.88. The molecule has 1 fully saturated rings. The Balaban J connectivity index is 0.00000324. The molecule has 0 radical (unpaired) electrons. The van der Waals surface area contributed by atoms with Crippen molar-refractivity contribution in [3.05, 3.63) is 0 Å². The molecule has 0 aromatic carbocycles. The molecule has 1 atom stereocenters. The summed E-state index contributed by atoms with van der Waals surface area (Å²) < 4.78 is 0. The van der Waals surface area contributed by atoms with Gasteiger partial charge in [0.15, 0.2) is 0 Å². The first-order valence-electron chi connectivity index (χ1n) is 7.50. The van der Waals surface area contributed by atoms with Crippen LogP contribution >= 0.6 is 12.4 Å². The number of carbonyl (C=O) groups is 1. The second kappa shape index (κ2) is 9.60. The normalized spacial score (nSPS) is 18.3. The molecular weight excluding hydrogens is 260 g/mol. The average Bonchev–Trinajstić information content (AvgIpc) is 2.36. The molecule has 1 amide bonds. The maximum atomic E-state index is 12.2. The molecule has 4 heteroatoms. The third-order valence-corrected chi connectivity index (χ3v) is 4.36. The highest BCUT2D eigenvalue weighted by molar-refractivity contribution is 5.85. The van der Waals surface area contributed by atoms with E-state index in [4.69, 9.17) is 0 Å². The SMILES string of the molecule is CCC(CC(=O)N1CCC(CNC)CC1)C(C)C.Cl. The Morgan fingerprint density at radius 1 is 1.32 bits per heavy atom. The quantitative estimate of drug-likeness (QED) is 0.816. The number of nitrogens with zero attached hydrogens (tertiary/aromatic N) is 1. The van der Waals surface area contributed by atoms with E-state index in [1.54, 1.807) is 0 Å². The van der Waals surface area contributed by atoms with E-state index in [0.717, 1.165) is 51.2 Å². The van der Waals surface area contributed by atoms with Crippen molar-refractivity contribution in [2.45, 2.75) is 46.5 Å². The van der Waals surface area contributed by atoms with Crippen LogP contribution in [0.3, 0.4) is 0 Å². The van der Waals surface area contributed by atoms with Gasteiger partial charge in [-0.25, -0.2) is 0 Å². The van der Waals surface area contributed by atoms with Crippen LogP contribution in [0.15, 0.2) is 0 Å². The Bertz CT molecular complexity index is 251. The zero-order chi connectivity index (χ0) is 13.5. The van der Waals surface area contributed by atoms with Gasteiger partial charge in [-0.05, 0) is 44.2 Å². The Kier molecular flexibility index (Phi) is 9.46. The molecule has 1 aliphatic heterocycles. The highest BCUT2D eigenvalue weighted by Crippen LogP contribution is 2.22. The number of hydrogen-bond acceptors (Lipinski definition) is 2. The summed E-state index contributed by atoms with van der Waals surface area (Å²) in [6.07, 6.45) is 4.17. The lowest BCUT2D eigenvalue weighted by atomic mass is 9.89. The topological polar surface area (TPSA) is 32.3 Å². The van der Waals surface area contributed by atoms with E-state index in [2.05, 4.69) is 31.0 Å². The standard InChI is InChI=1S/C15H30N2O.ClH/c1-5-14(12(2)3)10-15(18)17-8-6-13(7-9-17)11-16-4;/h12-14,16H,5-11H2,1-4H3;1H. The van der Waals surface area contributed by atoms with Crippen LogP contribution in [0.1, 0.15) is 46.5 Å². The summed E-state index contributed by atoms with van der Waals surface area (Å²) >= 11 is 0. The van der Waals surface area contributed by atoms with Gasteiger partial charge in [0.25, 0.3) is 0 Å². The summed E-state index contributed by atoms with van der Waals surface area (Å²) in [4.78, 5) is 14.3. The van der Waals surface area contributed by atoms with Crippen molar-refractivity contribution in [2.24, 2.45) is 17.8 Å². The molecule has 1 aliphatic rings. The van der Waals surface area contributed by atoms with E-state index < -0.39 is 0 Å². The molecule has 0 bridgehead atoms. The third kappa shape index (κ3) is 6.13. The number of halogens is 1. The Morgan fingerprint density at radius 3 is 2.32 bits per heavy atom. The molecule has 0 aliphatic carbocycles. The first-order valence-corrected chi connectivity index (χ1v) is 7.50. The van der Waals surface area contributed by atoms with Crippen LogP contribution in [0.4, 0.5) is 0 Å². The van der Waals surface area contributed by atoms with Crippen molar-refractivity contribution in [2.75, 3.05) is 26.7 Å². The Hall–Kier alpha value is -0.280. The maximum absolute atomic E-state index is 12.2. The smallest absolute Gasteiger partial charge is 0.222 e. The van der Waals surface area contributed by atoms with E-state index in [0.29, 0.717) is 17.7 Å². The van der Waals surface area contributed by atoms with Crippen molar-refractivity contribution in [3.8, 4) is 0 Å². The van der Waals surface area contributed by atoms with Gasteiger partial charge in [-0.2, -0.15) is 0 Å². The fraction of sp³-hybridized carbons (Fsp3) is 0.933. The lowest BCUT2D eigenvalue weighted by molar-refractivity contribution is -0.134. The lowest BCUT2D eigenvalue weighted by Gasteiger charge is -2.33. The van der Waals surface area contributed by atoms with Crippen LogP contribution in [-0.4, -0.2) is 37.5 Å². The highest BCUT2D eigenvalue weighted by Gasteiger charge is 2.24. The van der Waals surface area contributed by atoms with Gasteiger partial charge in [0.1, 0.15) is 0 Å². The van der Waals surface area contributed by atoms with Gasteiger partial charge < -0.3 is 10.2 Å². The minimum atomic E-state index is 0. The van der Waals surface area contributed by atoms with Crippen LogP contribution in [-0.2, 0) is 4.79 Å². The summed E-state index contributed by atoms with van der Waals surface area (Å²) in [7, 11) is 2.01. The third-order valence-electron chi connectivity index (χ3n) is 4.36. The highest BCUT2D eigenvalue weighted by atomic mass is 35.5. The first-order chi connectivity index (χ1) is 8.58. The Morgan fingerprint density at radius 2 is 1.89 bits per heavy atom. The zero-order valence-corrected chi connectivity index (χ0v) is 13.8. The zero-order valence-electron chi connectivity index (χ0n) is 12.9. The molecule has 1 heterocycles. The van der Waals surface area contributed by atoms with Crippen LogP contribution < -0.4 is 5.32 Å². The molecule has 0 aromatic heterocycles. The summed E-state index contributed by atoms with van der Waals surface area (Å²) in [6, 6.07) is 0. The van der Waals surface area contributed by atoms with E-state index >= 15 is 0 Å². The second-order valence-electron chi connectivity index (χ2n) is 6.00. The van der Waals surface area contributed by atoms with Gasteiger partial charge in [0.2, 0.25) is 5.91 Å². The molecule has 19 heavy (non-hydrogen) atoms. The predicted octanol–water partition coefficient (Wildman–Crippen LogP) is 2.94. The van der Waals surface area contributed by atoms with E-state index in [1.807, 2.05) is 7.05 Å². The molecular formula is C15H31ClN2O. The van der Waals surface area contributed by atoms with Gasteiger partial charge in [-0.3, -0.25) is 4.79 Å². The number of likely N-dealkylation sites (tertiary alicyclic amines) is 1. The van der Waals surface area contributed by atoms with Gasteiger partial charge in [0, 0.05) is 19.5 Å². The van der Waals surface area contributed by atoms with Gasteiger partial charge in [-0.15, -0.1) is 12.4 Å². The van der Waals surface area contributed by atoms with Gasteiger partial charge in [-0.1, -0.05) is 27.2 Å². The molecule has 1 unspecified atom stereocenters. The van der Waals surface area contributed by atoms with Crippen molar-refractivity contribution in [3.63, 3.8) is 0 Å². The number of nitrogens with one attached hydrogen (secondary N) is 1. The minimum absolute atomic E-state index is 0. The van der Waals surface area contributed by atoms with Crippen LogP contribution in [0.5, 0.6) is 0 Å². The molecule has 114 valence electrons. The molecule has 1 saturated heterocycles. The van der Waals surface area contributed by atoms with E-state index in [-0.39, 0.29) is 12.4 Å². The van der Waals surface area contributed by atoms with E-state index in [1.165, 1.54) is 0 Å². The average molecular weight is 291 g/mol. The molecule has 1 N–H and O–H groups in total. The van der Waals surface area contributed by atoms with Crippen molar-refractivity contribution in [1.29, 1.82) is 0 Å². The summed E-state index contributed by atoms with van der Waals surface area (Å²) in [5.74, 6) is 2.29. The molecule has 0 spiro atoms. The van der Waals surface area contributed by atoms with Crippen molar-refractivity contribution in [1.82, 2.24) is 10.2 Å². The second-order valence-corrected chi connectivity index (χ2v) is 6.00. The number of hydrogen-bond donors (Lipinski definition) is 1.